The molecule has 0 aromatic heterocycles. The van der Waals surface area contributed by atoms with E-state index < -0.39 is 5.72 Å². The molecule has 6 unspecified atom stereocenters. The molecule has 2 heterocycles. The normalized spacial score (nSPS) is 53.5. The molecule has 3 saturated carbocycles. The number of hydrogen-bond donors (Lipinski definition) is 0. The summed E-state index contributed by atoms with van der Waals surface area (Å²) in [5, 5.41) is 0. The molecular formula is C16H21NO3. The van der Waals surface area contributed by atoms with Crippen molar-refractivity contribution >= 4 is 11.7 Å². The first-order valence-corrected chi connectivity index (χ1v) is 8.15. The smallest absolute Gasteiger partial charge is 0.228 e. The van der Waals surface area contributed by atoms with Crippen LogP contribution in [0, 0.1) is 29.6 Å². The largest absolute Gasteiger partial charge is 0.344 e. The van der Waals surface area contributed by atoms with Gasteiger partial charge in [-0.05, 0) is 19.3 Å². The lowest BCUT2D eigenvalue weighted by molar-refractivity contribution is -0.185. The molecule has 0 spiro atoms. The standard InChI is InChI=1S/C16H21NO3/c1-17-15(19)11-9-7-10-12(11)16(17,20-14(10)13(9)18)8-5-3-2-4-6-8/h8-12,14H,2-7H2,1H3. The molecule has 2 saturated heterocycles. The van der Waals surface area contributed by atoms with Gasteiger partial charge in [0, 0.05) is 30.7 Å². The summed E-state index contributed by atoms with van der Waals surface area (Å²) in [6.45, 7) is 0. The first-order valence-electron chi connectivity index (χ1n) is 8.15. The van der Waals surface area contributed by atoms with Crippen LogP contribution in [0.2, 0.25) is 0 Å². The summed E-state index contributed by atoms with van der Waals surface area (Å²) in [7, 11) is 1.92. The highest BCUT2D eigenvalue weighted by Crippen LogP contribution is 2.68. The molecule has 0 aromatic carbocycles. The number of amides is 1. The highest BCUT2D eigenvalue weighted by molar-refractivity contribution is 5.98. The summed E-state index contributed by atoms with van der Waals surface area (Å²) in [5.41, 5.74) is -0.432. The lowest BCUT2D eigenvalue weighted by Crippen LogP contribution is -2.53. The molecule has 0 radical (unpaired) electrons. The third-order valence-electron chi connectivity index (χ3n) is 6.97. The predicted molar refractivity (Wildman–Crippen MR) is 70.5 cm³/mol. The molecule has 0 N–H and O–H groups in total. The second-order valence-corrected chi connectivity index (χ2v) is 7.48. The average Bonchev–Trinajstić information content (AvgIpc) is 3.12. The van der Waals surface area contributed by atoms with E-state index in [1.54, 1.807) is 0 Å². The van der Waals surface area contributed by atoms with Gasteiger partial charge in [0.2, 0.25) is 5.91 Å². The Morgan fingerprint density at radius 3 is 2.70 bits per heavy atom. The fourth-order valence-corrected chi connectivity index (χ4v) is 6.30. The number of carbonyl (C=O) groups excluding carboxylic acids is 2. The number of ketones is 1. The van der Waals surface area contributed by atoms with Crippen molar-refractivity contribution in [2.24, 2.45) is 29.6 Å². The number of fused-ring (bicyclic) bond motifs is 2. The number of carbonyl (C=O) groups is 2. The second-order valence-electron chi connectivity index (χ2n) is 7.48. The molecule has 2 bridgehead atoms. The van der Waals surface area contributed by atoms with E-state index in [0.29, 0.717) is 17.8 Å². The molecule has 5 fully saturated rings. The summed E-state index contributed by atoms with van der Waals surface area (Å²) in [6.07, 6.45) is 6.79. The lowest BCUT2D eigenvalue weighted by atomic mass is 9.71. The molecule has 2 aliphatic heterocycles. The number of likely N-dealkylation sites (tertiary alicyclic amines) is 1. The minimum atomic E-state index is -0.432. The van der Waals surface area contributed by atoms with Gasteiger partial charge in [-0.1, -0.05) is 19.3 Å². The Balaban J connectivity index is 1.65. The van der Waals surface area contributed by atoms with Crippen LogP contribution in [0.3, 0.4) is 0 Å². The summed E-state index contributed by atoms with van der Waals surface area (Å²) in [4.78, 5) is 27.0. The molecule has 3 aliphatic carbocycles. The highest BCUT2D eigenvalue weighted by Gasteiger charge is 2.79. The third kappa shape index (κ3) is 1.01. The monoisotopic (exact) mass is 275 g/mol. The van der Waals surface area contributed by atoms with Gasteiger partial charge in [-0.25, -0.2) is 0 Å². The fourth-order valence-electron chi connectivity index (χ4n) is 6.30. The molecule has 4 heteroatoms. The first-order chi connectivity index (χ1) is 9.66. The van der Waals surface area contributed by atoms with Gasteiger partial charge in [0.1, 0.15) is 6.10 Å². The van der Waals surface area contributed by atoms with Crippen molar-refractivity contribution in [1.29, 1.82) is 0 Å². The van der Waals surface area contributed by atoms with Crippen LogP contribution in [-0.2, 0) is 14.3 Å². The number of hydrogen-bond acceptors (Lipinski definition) is 3. The van der Waals surface area contributed by atoms with Crippen LogP contribution in [0.15, 0.2) is 0 Å². The minimum absolute atomic E-state index is 0.0297. The third-order valence-corrected chi connectivity index (χ3v) is 6.97. The van der Waals surface area contributed by atoms with Crippen molar-refractivity contribution in [3.05, 3.63) is 0 Å². The quantitative estimate of drug-likeness (QED) is 0.730. The van der Waals surface area contributed by atoms with Crippen molar-refractivity contribution in [3.8, 4) is 0 Å². The van der Waals surface area contributed by atoms with Gasteiger partial charge in [-0.15, -0.1) is 0 Å². The van der Waals surface area contributed by atoms with Crippen LogP contribution in [0.25, 0.3) is 0 Å². The maximum absolute atomic E-state index is 12.7. The Kier molecular flexibility index (Phi) is 2.03. The van der Waals surface area contributed by atoms with Crippen molar-refractivity contribution < 1.29 is 14.3 Å². The van der Waals surface area contributed by atoms with Crippen LogP contribution >= 0.6 is 0 Å². The number of Topliss-reactive ketones (excluding diaryl/α,β-unsaturated/α-hetero) is 1. The Morgan fingerprint density at radius 1 is 1.20 bits per heavy atom. The predicted octanol–water partition coefficient (Wildman–Crippen LogP) is 1.58. The van der Waals surface area contributed by atoms with Gasteiger partial charge in [-0.2, -0.15) is 0 Å². The van der Waals surface area contributed by atoms with Gasteiger partial charge in [-0.3, -0.25) is 9.59 Å². The highest BCUT2D eigenvalue weighted by atomic mass is 16.5. The Morgan fingerprint density at radius 2 is 1.95 bits per heavy atom. The maximum Gasteiger partial charge on any atom is 0.228 e. The van der Waals surface area contributed by atoms with E-state index in [9.17, 15) is 9.59 Å². The van der Waals surface area contributed by atoms with Crippen molar-refractivity contribution in [2.75, 3.05) is 7.05 Å². The van der Waals surface area contributed by atoms with E-state index in [1.165, 1.54) is 19.3 Å². The Hall–Kier alpha value is -0.900. The zero-order valence-corrected chi connectivity index (χ0v) is 11.9. The van der Waals surface area contributed by atoms with Crippen molar-refractivity contribution in [1.82, 2.24) is 4.90 Å². The molecule has 5 rings (SSSR count). The molecule has 4 nitrogen and oxygen atoms in total. The maximum atomic E-state index is 12.7. The van der Waals surface area contributed by atoms with Crippen LogP contribution in [0.1, 0.15) is 38.5 Å². The summed E-state index contributed by atoms with van der Waals surface area (Å²) >= 11 is 0. The molecule has 0 aromatic rings. The molecule has 6 atom stereocenters. The average molecular weight is 275 g/mol. The summed E-state index contributed by atoms with van der Waals surface area (Å²) < 4.78 is 6.41. The van der Waals surface area contributed by atoms with E-state index in [1.807, 2.05) is 11.9 Å². The van der Waals surface area contributed by atoms with Gasteiger partial charge in [0.25, 0.3) is 0 Å². The molecule has 20 heavy (non-hydrogen) atoms. The van der Waals surface area contributed by atoms with Crippen molar-refractivity contribution in [3.63, 3.8) is 0 Å². The zero-order valence-electron chi connectivity index (χ0n) is 11.9. The summed E-state index contributed by atoms with van der Waals surface area (Å²) in [5.74, 6) is 1.40. The molecule has 1 amide bonds. The topological polar surface area (TPSA) is 46.6 Å². The lowest BCUT2D eigenvalue weighted by Gasteiger charge is -2.44. The van der Waals surface area contributed by atoms with Crippen LogP contribution in [0.4, 0.5) is 0 Å². The molecule has 5 aliphatic rings. The van der Waals surface area contributed by atoms with Gasteiger partial charge >= 0.3 is 0 Å². The Bertz CT molecular complexity index is 512. The second kappa shape index (κ2) is 3.46. The van der Waals surface area contributed by atoms with Gasteiger partial charge in [0.05, 0.1) is 5.92 Å². The van der Waals surface area contributed by atoms with E-state index in [-0.39, 0.29) is 29.6 Å². The SMILES string of the molecule is CN1C(=O)C2C3CC4C(OC1(C1CCCCC1)C42)C3=O. The molecule has 108 valence electrons. The number of rotatable bonds is 1. The Labute approximate surface area is 118 Å². The van der Waals surface area contributed by atoms with E-state index in [2.05, 4.69) is 0 Å². The van der Waals surface area contributed by atoms with E-state index in [0.717, 1.165) is 19.3 Å². The van der Waals surface area contributed by atoms with Crippen molar-refractivity contribution in [2.45, 2.75) is 50.4 Å². The van der Waals surface area contributed by atoms with Crippen LogP contribution < -0.4 is 0 Å². The van der Waals surface area contributed by atoms with Gasteiger partial charge in [0.15, 0.2) is 11.5 Å². The minimum Gasteiger partial charge on any atom is -0.344 e. The number of ether oxygens (including phenoxy) is 1. The van der Waals surface area contributed by atoms with E-state index in [4.69, 9.17) is 4.74 Å². The number of nitrogens with zero attached hydrogens (tertiary/aromatic N) is 1. The molecular weight excluding hydrogens is 254 g/mol. The van der Waals surface area contributed by atoms with Gasteiger partial charge < -0.3 is 9.64 Å². The van der Waals surface area contributed by atoms with E-state index >= 15 is 0 Å². The summed E-state index contributed by atoms with van der Waals surface area (Å²) in [6, 6.07) is 0. The van der Waals surface area contributed by atoms with Crippen LogP contribution in [-0.4, -0.2) is 35.5 Å². The fraction of sp³-hybridized carbons (Fsp3) is 0.875. The zero-order chi connectivity index (χ0) is 13.6. The van der Waals surface area contributed by atoms with Crippen LogP contribution in [0.5, 0.6) is 0 Å². The first kappa shape index (κ1) is 11.7.